The van der Waals surface area contributed by atoms with Crippen LogP contribution in [-0.4, -0.2) is 24.4 Å². The van der Waals surface area contributed by atoms with Crippen molar-refractivity contribution in [2.45, 2.75) is 12.9 Å². The molecule has 9 heteroatoms. The molecule has 1 rings (SSSR count). The molecule has 0 spiro atoms. The van der Waals surface area contributed by atoms with E-state index in [4.69, 9.17) is 11.5 Å². The second kappa shape index (κ2) is 5.08. The van der Waals surface area contributed by atoms with Gasteiger partial charge >= 0.3 is 12.3 Å². The largest absolute Gasteiger partial charge is 0.573 e. The summed E-state index contributed by atoms with van der Waals surface area (Å²) >= 11 is 0. The fourth-order valence-corrected chi connectivity index (χ4v) is 1.20. The molecule has 0 bridgehead atoms. The van der Waals surface area contributed by atoms with Crippen LogP contribution in [-0.2, 0) is 11.3 Å². The molecule has 0 fully saturated rings. The minimum atomic E-state index is -5.00. The van der Waals surface area contributed by atoms with Crippen molar-refractivity contribution in [2.24, 2.45) is 5.73 Å². The maximum Gasteiger partial charge on any atom is 0.573 e. The standard InChI is InChI=1S/C9H10F3N3O3/c1-17-8(16)5-2-4(3-13)15-7(14)6(5)18-9(10,11)12/h2H,3,13H2,1H3,(H2,14,15). The molecule has 0 unspecified atom stereocenters. The summed E-state index contributed by atoms with van der Waals surface area (Å²) in [5.74, 6) is -2.51. The lowest BCUT2D eigenvalue weighted by Crippen LogP contribution is -2.21. The van der Waals surface area contributed by atoms with Gasteiger partial charge in [0, 0.05) is 6.54 Å². The highest BCUT2D eigenvalue weighted by atomic mass is 19.4. The highest BCUT2D eigenvalue weighted by Crippen LogP contribution is 2.31. The lowest BCUT2D eigenvalue weighted by atomic mass is 10.2. The Morgan fingerprint density at radius 2 is 2.11 bits per heavy atom. The summed E-state index contributed by atoms with van der Waals surface area (Å²) in [7, 11) is 1.01. The topological polar surface area (TPSA) is 100 Å². The predicted octanol–water partition coefficient (Wildman–Crippen LogP) is 0.808. The Balaban J connectivity index is 3.33. The molecule has 18 heavy (non-hydrogen) atoms. The van der Waals surface area contributed by atoms with Gasteiger partial charge in [-0.3, -0.25) is 0 Å². The fourth-order valence-electron chi connectivity index (χ4n) is 1.20. The van der Waals surface area contributed by atoms with Gasteiger partial charge in [-0.15, -0.1) is 13.2 Å². The van der Waals surface area contributed by atoms with Crippen LogP contribution >= 0.6 is 0 Å². The average Bonchev–Trinajstić information content (AvgIpc) is 2.28. The molecule has 1 heterocycles. The fraction of sp³-hybridized carbons (Fsp3) is 0.333. The number of anilines is 1. The van der Waals surface area contributed by atoms with E-state index in [0.717, 1.165) is 13.2 Å². The van der Waals surface area contributed by atoms with Crippen molar-refractivity contribution in [1.82, 2.24) is 4.98 Å². The van der Waals surface area contributed by atoms with E-state index in [1.54, 1.807) is 0 Å². The van der Waals surface area contributed by atoms with Gasteiger partial charge in [0.1, 0.15) is 5.56 Å². The molecule has 0 amide bonds. The summed E-state index contributed by atoms with van der Waals surface area (Å²) in [4.78, 5) is 14.9. The first-order valence-corrected chi connectivity index (χ1v) is 4.62. The van der Waals surface area contributed by atoms with Gasteiger partial charge in [-0.05, 0) is 6.07 Å². The Bertz CT molecular complexity index is 462. The molecule has 0 aromatic carbocycles. The first kappa shape index (κ1) is 14.0. The summed E-state index contributed by atoms with van der Waals surface area (Å²) < 4.78 is 44.5. The third-order valence-electron chi connectivity index (χ3n) is 1.88. The number of aromatic nitrogens is 1. The first-order valence-electron chi connectivity index (χ1n) is 4.62. The summed E-state index contributed by atoms with van der Waals surface area (Å²) in [6, 6.07) is 1.03. The number of hydrogen-bond donors (Lipinski definition) is 2. The van der Waals surface area contributed by atoms with Gasteiger partial charge < -0.3 is 20.9 Å². The molecule has 0 saturated carbocycles. The number of rotatable bonds is 3. The van der Waals surface area contributed by atoms with E-state index in [2.05, 4.69) is 14.5 Å². The van der Waals surface area contributed by atoms with Crippen LogP contribution in [0.25, 0.3) is 0 Å². The zero-order valence-corrected chi connectivity index (χ0v) is 9.25. The highest BCUT2D eigenvalue weighted by molar-refractivity contribution is 5.94. The number of carbonyl (C=O) groups excluding carboxylic acids is 1. The van der Waals surface area contributed by atoms with Crippen molar-refractivity contribution in [3.63, 3.8) is 0 Å². The molecular weight excluding hydrogens is 255 g/mol. The number of ether oxygens (including phenoxy) is 2. The SMILES string of the molecule is COC(=O)c1cc(CN)nc(N)c1OC(F)(F)F. The van der Waals surface area contributed by atoms with Crippen LogP contribution in [0.15, 0.2) is 6.07 Å². The van der Waals surface area contributed by atoms with Crippen LogP contribution in [0.5, 0.6) is 5.75 Å². The number of carbonyl (C=O) groups is 1. The summed E-state index contributed by atoms with van der Waals surface area (Å²) in [6.07, 6.45) is -5.00. The van der Waals surface area contributed by atoms with Gasteiger partial charge in [-0.2, -0.15) is 0 Å². The molecule has 0 radical (unpaired) electrons. The maximum absolute atomic E-state index is 12.2. The summed E-state index contributed by atoms with van der Waals surface area (Å²) in [5, 5.41) is 0. The second-order valence-corrected chi connectivity index (χ2v) is 3.12. The number of esters is 1. The molecule has 100 valence electrons. The number of halogens is 3. The van der Waals surface area contributed by atoms with Crippen LogP contribution in [0.2, 0.25) is 0 Å². The van der Waals surface area contributed by atoms with Gasteiger partial charge in [0.2, 0.25) is 0 Å². The lowest BCUT2D eigenvalue weighted by molar-refractivity contribution is -0.274. The van der Waals surface area contributed by atoms with E-state index in [1.165, 1.54) is 0 Å². The molecule has 1 aromatic rings. The van der Waals surface area contributed by atoms with E-state index in [-0.39, 0.29) is 12.2 Å². The molecule has 0 aliphatic rings. The van der Waals surface area contributed by atoms with Crippen LogP contribution in [0.1, 0.15) is 16.1 Å². The highest BCUT2D eigenvalue weighted by Gasteiger charge is 2.35. The number of nitrogens with two attached hydrogens (primary N) is 2. The number of nitrogens with zero attached hydrogens (tertiary/aromatic N) is 1. The average molecular weight is 265 g/mol. The van der Waals surface area contributed by atoms with Crippen molar-refractivity contribution in [1.29, 1.82) is 0 Å². The Morgan fingerprint density at radius 1 is 1.50 bits per heavy atom. The molecule has 1 aromatic heterocycles. The number of pyridine rings is 1. The van der Waals surface area contributed by atoms with E-state index in [9.17, 15) is 18.0 Å². The maximum atomic E-state index is 12.2. The van der Waals surface area contributed by atoms with Crippen molar-refractivity contribution >= 4 is 11.8 Å². The van der Waals surface area contributed by atoms with E-state index in [0.29, 0.717) is 0 Å². The van der Waals surface area contributed by atoms with Crippen molar-refractivity contribution in [3.05, 3.63) is 17.3 Å². The predicted molar refractivity (Wildman–Crippen MR) is 54.6 cm³/mol. The molecule has 6 nitrogen and oxygen atoms in total. The molecular formula is C9H10F3N3O3. The molecule has 0 aliphatic carbocycles. The van der Waals surface area contributed by atoms with Crippen molar-refractivity contribution < 1.29 is 27.4 Å². The number of nitrogen functional groups attached to an aromatic ring is 1. The van der Waals surface area contributed by atoms with Crippen LogP contribution in [0.3, 0.4) is 0 Å². The number of hydrogen-bond acceptors (Lipinski definition) is 6. The van der Waals surface area contributed by atoms with Crippen molar-refractivity contribution in [3.8, 4) is 5.75 Å². The quantitative estimate of drug-likeness (QED) is 0.784. The zero-order chi connectivity index (χ0) is 13.9. The van der Waals surface area contributed by atoms with Gasteiger partial charge in [0.05, 0.1) is 12.8 Å². The molecule has 0 saturated heterocycles. The minimum Gasteiger partial charge on any atom is -0.465 e. The van der Waals surface area contributed by atoms with Gasteiger partial charge in [0.25, 0.3) is 0 Å². The first-order chi connectivity index (χ1) is 8.28. The van der Waals surface area contributed by atoms with E-state index >= 15 is 0 Å². The zero-order valence-electron chi connectivity index (χ0n) is 9.25. The Morgan fingerprint density at radius 3 is 2.56 bits per heavy atom. The minimum absolute atomic E-state index is 0.0967. The Labute approximate surface area is 99.7 Å². The van der Waals surface area contributed by atoms with Gasteiger partial charge in [0.15, 0.2) is 11.6 Å². The van der Waals surface area contributed by atoms with Gasteiger partial charge in [-0.1, -0.05) is 0 Å². The summed E-state index contributed by atoms with van der Waals surface area (Å²) in [5.41, 5.74) is 10.2. The van der Waals surface area contributed by atoms with E-state index < -0.39 is 29.5 Å². The van der Waals surface area contributed by atoms with Crippen molar-refractivity contribution in [2.75, 3.05) is 12.8 Å². The lowest BCUT2D eigenvalue weighted by Gasteiger charge is -2.14. The molecule has 0 aliphatic heterocycles. The van der Waals surface area contributed by atoms with Crippen LogP contribution in [0, 0.1) is 0 Å². The normalized spacial score (nSPS) is 11.2. The Hall–Kier alpha value is -2.03. The third kappa shape index (κ3) is 3.23. The van der Waals surface area contributed by atoms with Gasteiger partial charge in [-0.25, -0.2) is 9.78 Å². The smallest absolute Gasteiger partial charge is 0.465 e. The number of alkyl halides is 3. The summed E-state index contributed by atoms with van der Waals surface area (Å²) in [6.45, 7) is -0.0967. The van der Waals surface area contributed by atoms with Crippen LogP contribution < -0.4 is 16.2 Å². The van der Waals surface area contributed by atoms with E-state index in [1.807, 2.05) is 0 Å². The third-order valence-corrected chi connectivity index (χ3v) is 1.88. The Kier molecular flexibility index (Phi) is 3.96. The number of methoxy groups -OCH3 is 1. The monoisotopic (exact) mass is 265 g/mol. The molecule has 4 N–H and O–H groups in total. The molecule has 0 atom stereocenters. The van der Waals surface area contributed by atoms with Crippen LogP contribution in [0.4, 0.5) is 19.0 Å². The second-order valence-electron chi connectivity index (χ2n) is 3.12.